The molecule has 2 aliphatic heterocycles. The largest absolute Gasteiger partial charge is 0.498 e. The highest BCUT2D eigenvalue weighted by Crippen LogP contribution is 2.21. The van der Waals surface area contributed by atoms with Crippen LogP contribution in [0.3, 0.4) is 0 Å². The van der Waals surface area contributed by atoms with Crippen LogP contribution in [-0.2, 0) is 14.3 Å². The van der Waals surface area contributed by atoms with E-state index in [0.29, 0.717) is 0 Å². The molecule has 0 N–H and O–H groups in total. The van der Waals surface area contributed by atoms with Crippen molar-refractivity contribution < 1.29 is 14.3 Å². The third kappa shape index (κ3) is 4.71. The van der Waals surface area contributed by atoms with Gasteiger partial charge in [-0.3, -0.25) is 4.79 Å². The molecule has 0 aliphatic carbocycles. The summed E-state index contributed by atoms with van der Waals surface area (Å²) in [6, 6.07) is 0. The number of ether oxygens (including phenoxy) is 2. The van der Waals surface area contributed by atoms with E-state index in [4.69, 9.17) is 9.47 Å². The van der Waals surface area contributed by atoms with E-state index in [9.17, 15) is 4.79 Å². The Morgan fingerprint density at radius 1 is 1.24 bits per heavy atom. The molecule has 0 radical (unpaired) electrons. The van der Waals surface area contributed by atoms with Gasteiger partial charge in [0.1, 0.15) is 5.76 Å². The second-order valence-electron chi connectivity index (χ2n) is 5.82. The number of methoxy groups -OCH3 is 1. The van der Waals surface area contributed by atoms with Gasteiger partial charge in [-0.15, -0.1) is 0 Å². The van der Waals surface area contributed by atoms with Crippen molar-refractivity contribution in [3.8, 4) is 0 Å². The first-order valence-corrected chi connectivity index (χ1v) is 8.05. The number of allylic oxidation sites excluding steroid dienone is 1. The lowest BCUT2D eigenvalue weighted by Gasteiger charge is -2.25. The van der Waals surface area contributed by atoms with Crippen LogP contribution in [-0.4, -0.2) is 68.8 Å². The molecule has 120 valence electrons. The van der Waals surface area contributed by atoms with Crippen molar-refractivity contribution in [2.24, 2.45) is 0 Å². The molecule has 2 aliphatic rings. The van der Waals surface area contributed by atoms with E-state index in [-0.39, 0.29) is 5.91 Å². The molecule has 2 rings (SSSR count). The number of carbonyl (C=O) groups excluding carboxylic acids is 1. The first kappa shape index (κ1) is 16.3. The van der Waals surface area contributed by atoms with E-state index in [0.717, 1.165) is 83.0 Å². The van der Waals surface area contributed by atoms with E-state index in [1.807, 2.05) is 11.8 Å². The summed E-state index contributed by atoms with van der Waals surface area (Å²) in [5.41, 5.74) is 0.883. The molecule has 0 aromatic rings. The fraction of sp³-hybridized carbons (Fsp3) is 0.812. The van der Waals surface area contributed by atoms with Crippen LogP contribution in [0.2, 0.25) is 0 Å². The normalized spacial score (nSPS) is 21.1. The second kappa shape index (κ2) is 8.39. The van der Waals surface area contributed by atoms with Gasteiger partial charge < -0.3 is 19.3 Å². The van der Waals surface area contributed by atoms with Crippen molar-refractivity contribution in [3.63, 3.8) is 0 Å². The maximum absolute atomic E-state index is 12.6. The van der Waals surface area contributed by atoms with Crippen molar-refractivity contribution >= 4 is 5.91 Å². The molecule has 2 heterocycles. The molecule has 1 fully saturated rings. The highest BCUT2D eigenvalue weighted by Gasteiger charge is 2.25. The number of nitrogens with zero attached hydrogens (tertiary/aromatic N) is 2. The van der Waals surface area contributed by atoms with Crippen molar-refractivity contribution in [2.75, 3.05) is 53.0 Å². The van der Waals surface area contributed by atoms with Gasteiger partial charge in [-0.25, -0.2) is 0 Å². The summed E-state index contributed by atoms with van der Waals surface area (Å²) >= 11 is 0. The third-order valence-electron chi connectivity index (χ3n) is 4.27. The van der Waals surface area contributed by atoms with Gasteiger partial charge in [0.15, 0.2) is 0 Å². The maximum atomic E-state index is 12.6. The lowest BCUT2D eigenvalue weighted by Crippen LogP contribution is -2.37. The molecule has 0 aromatic carbocycles. The van der Waals surface area contributed by atoms with Gasteiger partial charge in [0, 0.05) is 39.9 Å². The standard InChI is InChI=1S/C16H28N2O3/c1-14-15(6-3-13-21-14)16(19)18-9-4-7-17(10-11-18)8-5-12-20-2/h3-13H2,1-2H3. The maximum Gasteiger partial charge on any atom is 0.253 e. The molecule has 0 atom stereocenters. The van der Waals surface area contributed by atoms with Gasteiger partial charge in [-0.2, -0.15) is 0 Å². The molecule has 5 heteroatoms. The smallest absolute Gasteiger partial charge is 0.253 e. The molecule has 1 saturated heterocycles. The molecular formula is C16H28N2O3. The van der Waals surface area contributed by atoms with Gasteiger partial charge in [-0.05, 0) is 39.2 Å². The van der Waals surface area contributed by atoms with Gasteiger partial charge in [0.2, 0.25) is 0 Å². The lowest BCUT2D eigenvalue weighted by molar-refractivity contribution is -0.127. The Morgan fingerprint density at radius 3 is 2.86 bits per heavy atom. The molecule has 21 heavy (non-hydrogen) atoms. The topological polar surface area (TPSA) is 42.0 Å². The van der Waals surface area contributed by atoms with Crippen molar-refractivity contribution in [1.82, 2.24) is 9.80 Å². The third-order valence-corrected chi connectivity index (χ3v) is 4.27. The highest BCUT2D eigenvalue weighted by molar-refractivity contribution is 5.94. The summed E-state index contributed by atoms with van der Waals surface area (Å²) < 4.78 is 10.6. The summed E-state index contributed by atoms with van der Waals surface area (Å²) in [4.78, 5) is 17.1. The molecule has 0 unspecified atom stereocenters. The quantitative estimate of drug-likeness (QED) is 0.723. The minimum absolute atomic E-state index is 0.186. The summed E-state index contributed by atoms with van der Waals surface area (Å²) in [5.74, 6) is 1.01. The van der Waals surface area contributed by atoms with Crippen LogP contribution in [0.15, 0.2) is 11.3 Å². The minimum atomic E-state index is 0.186. The van der Waals surface area contributed by atoms with Crippen LogP contribution in [0.1, 0.15) is 32.6 Å². The Bertz CT molecular complexity index is 382. The fourth-order valence-electron chi connectivity index (χ4n) is 3.02. The fourth-order valence-corrected chi connectivity index (χ4v) is 3.02. The molecule has 0 aromatic heterocycles. The van der Waals surface area contributed by atoms with E-state index in [1.54, 1.807) is 7.11 Å². The predicted molar refractivity (Wildman–Crippen MR) is 82.0 cm³/mol. The highest BCUT2D eigenvalue weighted by atomic mass is 16.5. The number of hydrogen-bond donors (Lipinski definition) is 0. The number of rotatable bonds is 5. The van der Waals surface area contributed by atoms with Crippen LogP contribution in [0.25, 0.3) is 0 Å². The number of carbonyl (C=O) groups is 1. The Labute approximate surface area is 127 Å². The Hall–Kier alpha value is -1.07. The average Bonchev–Trinajstić information content (AvgIpc) is 2.73. The lowest BCUT2D eigenvalue weighted by atomic mass is 10.1. The number of hydrogen-bond acceptors (Lipinski definition) is 4. The second-order valence-corrected chi connectivity index (χ2v) is 5.82. The zero-order valence-electron chi connectivity index (χ0n) is 13.4. The Morgan fingerprint density at radius 2 is 2.10 bits per heavy atom. The predicted octanol–water partition coefficient (Wildman–Crippen LogP) is 1.64. The average molecular weight is 296 g/mol. The van der Waals surface area contributed by atoms with Crippen molar-refractivity contribution in [3.05, 3.63) is 11.3 Å². The zero-order valence-corrected chi connectivity index (χ0v) is 13.4. The molecular weight excluding hydrogens is 268 g/mol. The van der Waals surface area contributed by atoms with Gasteiger partial charge in [0.25, 0.3) is 5.91 Å². The molecule has 0 spiro atoms. The van der Waals surface area contributed by atoms with Gasteiger partial charge in [0.05, 0.1) is 12.2 Å². The van der Waals surface area contributed by atoms with Crippen LogP contribution in [0.4, 0.5) is 0 Å². The van der Waals surface area contributed by atoms with Crippen LogP contribution >= 0.6 is 0 Å². The van der Waals surface area contributed by atoms with Crippen LogP contribution < -0.4 is 0 Å². The molecule has 0 saturated carbocycles. The Kier molecular flexibility index (Phi) is 6.51. The minimum Gasteiger partial charge on any atom is -0.498 e. The van der Waals surface area contributed by atoms with Crippen LogP contribution in [0, 0.1) is 0 Å². The molecule has 1 amide bonds. The van der Waals surface area contributed by atoms with E-state index in [2.05, 4.69) is 4.90 Å². The van der Waals surface area contributed by atoms with E-state index >= 15 is 0 Å². The summed E-state index contributed by atoms with van der Waals surface area (Å²) in [6.07, 6.45) is 3.92. The SMILES string of the molecule is COCCCN1CCCN(C(=O)C2=C(C)OCCC2)CC1. The first-order chi connectivity index (χ1) is 10.2. The molecule has 5 nitrogen and oxygen atoms in total. The van der Waals surface area contributed by atoms with Crippen molar-refractivity contribution in [2.45, 2.75) is 32.6 Å². The summed E-state index contributed by atoms with van der Waals surface area (Å²) in [6.45, 7) is 8.24. The van der Waals surface area contributed by atoms with E-state index in [1.165, 1.54) is 0 Å². The summed E-state index contributed by atoms with van der Waals surface area (Å²) in [7, 11) is 1.74. The first-order valence-electron chi connectivity index (χ1n) is 8.05. The van der Waals surface area contributed by atoms with Crippen LogP contribution in [0.5, 0.6) is 0 Å². The summed E-state index contributed by atoms with van der Waals surface area (Å²) in [5, 5.41) is 0. The van der Waals surface area contributed by atoms with Gasteiger partial charge in [-0.1, -0.05) is 0 Å². The van der Waals surface area contributed by atoms with E-state index < -0.39 is 0 Å². The Balaban J connectivity index is 1.86. The number of amides is 1. The monoisotopic (exact) mass is 296 g/mol. The van der Waals surface area contributed by atoms with Gasteiger partial charge >= 0.3 is 0 Å². The van der Waals surface area contributed by atoms with Crippen molar-refractivity contribution in [1.29, 1.82) is 0 Å². The molecule has 0 bridgehead atoms. The zero-order chi connectivity index (χ0) is 15.1.